The molecule has 0 fully saturated rings. The van der Waals surface area contributed by atoms with E-state index in [9.17, 15) is 13.2 Å². The van der Waals surface area contributed by atoms with Crippen LogP contribution in [0, 0.1) is 6.92 Å². The van der Waals surface area contributed by atoms with Gasteiger partial charge in [-0.1, -0.05) is 42.0 Å². The Morgan fingerprint density at radius 3 is 2.30 bits per heavy atom. The van der Waals surface area contributed by atoms with Crippen molar-refractivity contribution in [3.05, 3.63) is 89.5 Å². The van der Waals surface area contributed by atoms with Gasteiger partial charge in [0.05, 0.1) is 17.6 Å². The molecular formula is C23H24N2O4S. The normalized spacial score (nSPS) is 11.3. The summed E-state index contributed by atoms with van der Waals surface area (Å²) in [6, 6.07) is 20.8. The van der Waals surface area contributed by atoms with Crippen LogP contribution in [0.5, 0.6) is 5.75 Å². The predicted molar refractivity (Wildman–Crippen MR) is 117 cm³/mol. The Kier molecular flexibility index (Phi) is 6.54. The van der Waals surface area contributed by atoms with Gasteiger partial charge in [-0.25, -0.2) is 8.42 Å². The van der Waals surface area contributed by atoms with Gasteiger partial charge in [0.15, 0.2) is 0 Å². The molecule has 0 saturated carbocycles. The summed E-state index contributed by atoms with van der Waals surface area (Å²) in [6.45, 7) is 2.16. The van der Waals surface area contributed by atoms with Gasteiger partial charge in [-0.2, -0.15) is 4.31 Å². The smallest absolute Gasteiger partial charge is 0.259 e. The van der Waals surface area contributed by atoms with Gasteiger partial charge in [-0.3, -0.25) is 4.79 Å². The number of sulfonamides is 1. The van der Waals surface area contributed by atoms with E-state index < -0.39 is 10.0 Å². The number of hydrogen-bond acceptors (Lipinski definition) is 4. The minimum Gasteiger partial charge on any atom is -0.496 e. The summed E-state index contributed by atoms with van der Waals surface area (Å²) >= 11 is 0. The lowest BCUT2D eigenvalue weighted by atomic mass is 10.1. The molecule has 0 aliphatic heterocycles. The zero-order valence-electron chi connectivity index (χ0n) is 17.1. The zero-order chi connectivity index (χ0) is 21.7. The Morgan fingerprint density at radius 1 is 1.00 bits per heavy atom. The second-order valence-corrected chi connectivity index (χ2v) is 8.97. The molecule has 0 aliphatic rings. The lowest BCUT2D eigenvalue weighted by Crippen LogP contribution is -2.26. The van der Waals surface area contributed by atoms with Crippen LogP contribution in [-0.2, 0) is 16.6 Å². The van der Waals surface area contributed by atoms with Gasteiger partial charge >= 0.3 is 0 Å². The maximum absolute atomic E-state index is 12.8. The van der Waals surface area contributed by atoms with Crippen LogP contribution in [0.3, 0.4) is 0 Å². The average molecular weight is 425 g/mol. The fourth-order valence-corrected chi connectivity index (χ4v) is 4.17. The van der Waals surface area contributed by atoms with Gasteiger partial charge in [0, 0.05) is 19.3 Å². The number of hydrogen-bond donors (Lipinski definition) is 1. The number of anilines is 1. The molecule has 0 heterocycles. The number of aryl methyl sites for hydroxylation is 1. The molecule has 0 unspecified atom stereocenters. The molecule has 156 valence electrons. The number of carbonyl (C=O) groups excluding carboxylic acids is 1. The highest BCUT2D eigenvalue weighted by Crippen LogP contribution is 2.23. The number of nitrogens with zero attached hydrogens (tertiary/aromatic N) is 1. The molecule has 0 saturated heterocycles. The molecule has 0 aliphatic carbocycles. The second-order valence-electron chi connectivity index (χ2n) is 6.93. The second kappa shape index (κ2) is 9.11. The molecule has 0 aromatic heterocycles. The van der Waals surface area contributed by atoms with Crippen LogP contribution < -0.4 is 10.1 Å². The van der Waals surface area contributed by atoms with Crippen molar-refractivity contribution >= 4 is 21.6 Å². The van der Waals surface area contributed by atoms with Crippen LogP contribution in [0.4, 0.5) is 5.69 Å². The van der Waals surface area contributed by atoms with E-state index in [4.69, 9.17) is 4.74 Å². The summed E-state index contributed by atoms with van der Waals surface area (Å²) in [6.07, 6.45) is 0. The first-order chi connectivity index (χ1) is 14.3. The molecule has 6 nitrogen and oxygen atoms in total. The number of carbonyl (C=O) groups is 1. The third-order valence-electron chi connectivity index (χ3n) is 4.67. The highest BCUT2D eigenvalue weighted by atomic mass is 32.2. The van der Waals surface area contributed by atoms with Crippen molar-refractivity contribution in [2.75, 3.05) is 19.5 Å². The van der Waals surface area contributed by atoms with Gasteiger partial charge in [0.25, 0.3) is 5.91 Å². The molecule has 0 spiro atoms. The SMILES string of the molecule is COc1ccc(C)cc1C(=O)Nc1ccc(S(=O)(=O)N(C)Cc2ccccc2)cc1. The Bertz CT molecular complexity index is 1130. The number of amides is 1. The van der Waals surface area contributed by atoms with Crippen molar-refractivity contribution in [2.45, 2.75) is 18.4 Å². The fourth-order valence-electron chi connectivity index (χ4n) is 3.01. The number of rotatable bonds is 7. The molecule has 3 rings (SSSR count). The van der Waals surface area contributed by atoms with E-state index >= 15 is 0 Å². The van der Waals surface area contributed by atoms with Crippen LogP contribution in [0.25, 0.3) is 0 Å². The largest absolute Gasteiger partial charge is 0.496 e. The van der Waals surface area contributed by atoms with Crippen LogP contribution in [0.2, 0.25) is 0 Å². The number of nitrogens with one attached hydrogen (secondary N) is 1. The Balaban J connectivity index is 1.74. The standard InChI is InChI=1S/C23H24N2O4S/c1-17-9-14-22(29-3)21(15-17)23(26)24-19-10-12-20(13-11-19)30(27,28)25(2)16-18-7-5-4-6-8-18/h4-15H,16H2,1-3H3,(H,24,26). The summed E-state index contributed by atoms with van der Waals surface area (Å²) < 4.78 is 32.2. The van der Waals surface area contributed by atoms with Gasteiger partial charge < -0.3 is 10.1 Å². The Hall–Kier alpha value is -3.16. The summed E-state index contributed by atoms with van der Waals surface area (Å²) in [5.41, 5.74) is 2.74. The monoisotopic (exact) mass is 424 g/mol. The van der Waals surface area contributed by atoms with E-state index in [1.165, 1.54) is 23.5 Å². The molecule has 0 bridgehead atoms. The van der Waals surface area contributed by atoms with Crippen molar-refractivity contribution < 1.29 is 17.9 Å². The third-order valence-corrected chi connectivity index (χ3v) is 6.49. The van der Waals surface area contributed by atoms with E-state index in [1.807, 2.05) is 43.3 Å². The number of benzene rings is 3. The number of methoxy groups -OCH3 is 1. The zero-order valence-corrected chi connectivity index (χ0v) is 17.9. The van der Waals surface area contributed by atoms with E-state index in [-0.39, 0.29) is 17.3 Å². The van der Waals surface area contributed by atoms with Crippen LogP contribution >= 0.6 is 0 Å². The lowest BCUT2D eigenvalue weighted by Gasteiger charge is -2.17. The first-order valence-electron chi connectivity index (χ1n) is 9.37. The maximum Gasteiger partial charge on any atom is 0.259 e. The first-order valence-corrected chi connectivity index (χ1v) is 10.8. The van der Waals surface area contributed by atoms with Crippen molar-refractivity contribution in [3.8, 4) is 5.75 Å². The van der Waals surface area contributed by atoms with Gasteiger partial charge in [0.1, 0.15) is 5.75 Å². The van der Waals surface area contributed by atoms with E-state index in [1.54, 1.807) is 31.3 Å². The average Bonchev–Trinajstić information content (AvgIpc) is 2.74. The quantitative estimate of drug-likeness (QED) is 0.620. The van der Waals surface area contributed by atoms with Gasteiger partial charge in [-0.05, 0) is 48.9 Å². The summed E-state index contributed by atoms with van der Waals surface area (Å²) in [5.74, 6) is 0.146. The van der Waals surface area contributed by atoms with Crippen molar-refractivity contribution in [3.63, 3.8) is 0 Å². The fraction of sp³-hybridized carbons (Fsp3) is 0.174. The molecule has 3 aromatic carbocycles. The van der Waals surface area contributed by atoms with E-state index in [2.05, 4.69) is 5.32 Å². The van der Waals surface area contributed by atoms with Crippen LogP contribution in [0.15, 0.2) is 77.7 Å². The van der Waals surface area contributed by atoms with Crippen molar-refractivity contribution in [2.24, 2.45) is 0 Å². The minimum absolute atomic E-state index is 0.159. The summed E-state index contributed by atoms with van der Waals surface area (Å²) in [4.78, 5) is 12.8. The summed E-state index contributed by atoms with van der Waals surface area (Å²) in [5, 5.41) is 2.78. The molecule has 3 aromatic rings. The Morgan fingerprint density at radius 2 is 1.67 bits per heavy atom. The van der Waals surface area contributed by atoms with Gasteiger partial charge in [-0.15, -0.1) is 0 Å². The molecule has 7 heteroatoms. The van der Waals surface area contributed by atoms with Crippen LogP contribution in [0.1, 0.15) is 21.5 Å². The molecular weight excluding hydrogens is 400 g/mol. The highest BCUT2D eigenvalue weighted by molar-refractivity contribution is 7.89. The van der Waals surface area contributed by atoms with Crippen LogP contribution in [-0.4, -0.2) is 32.8 Å². The number of ether oxygens (including phenoxy) is 1. The predicted octanol–water partition coefficient (Wildman–Crippen LogP) is 4.08. The Labute approximate surface area is 177 Å². The topological polar surface area (TPSA) is 75.7 Å². The van der Waals surface area contributed by atoms with E-state index in [0.717, 1.165) is 11.1 Å². The third kappa shape index (κ3) is 4.87. The van der Waals surface area contributed by atoms with Crippen molar-refractivity contribution in [1.29, 1.82) is 0 Å². The molecule has 1 amide bonds. The van der Waals surface area contributed by atoms with E-state index in [0.29, 0.717) is 17.0 Å². The molecule has 0 atom stereocenters. The van der Waals surface area contributed by atoms with Crippen molar-refractivity contribution in [1.82, 2.24) is 4.31 Å². The molecule has 1 N–H and O–H groups in total. The minimum atomic E-state index is -3.65. The molecule has 0 radical (unpaired) electrons. The summed E-state index contributed by atoms with van der Waals surface area (Å²) in [7, 11) is -0.600. The lowest BCUT2D eigenvalue weighted by molar-refractivity contribution is 0.102. The molecule has 30 heavy (non-hydrogen) atoms. The maximum atomic E-state index is 12.8. The van der Waals surface area contributed by atoms with Gasteiger partial charge in [0.2, 0.25) is 10.0 Å². The highest BCUT2D eigenvalue weighted by Gasteiger charge is 2.21. The first kappa shape index (κ1) is 21.5.